The average Bonchev–Trinajstić information content (AvgIpc) is 3.14. The minimum absolute atomic E-state index is 0.318. The summed E-state index contributed by atoms with van der Waals surface area (Å²) in [6, 6.07) is 7.89. The van der Waals surface area contributed by atoms with Gasteiger partial charge in [0.05, 0.1) is 7.11 Å². The molecule has 0 spiro atoms. The highest BCUT2D eigenvalue weighted by atomic mass is 16.5. The lowest BCUT2D eigenvalue weighted by molar-refractivity contribution is 0.0994. The van der Waals surface area contributed by atoms with Crippen LogP contribution in [0.5, 0.6) is 5.75 Å². The molecule has 2 heterocycles. The van der Waals surface area contributed by atoms with E-state index in [0.29, 0.717) is 5.69 Å². The Morgan fingerprint density at radius 1 is 1.36 bits per heavy atom. The van der Waals surface area contributed by atoms with Gasteiger partial charge in [0, 0.05) is 31.5 Å². The van der Waals surface area contributed by atoms with E-state index in [-0.39, 0.29) is 0 Å². The van der Waals surface area contributed by atoms with E-state index in [1.807, 2.05) is 6.07 Å². The quantitative estimate of drug-likeness (QED) is 0.876. The van der Waals surface area contributed by atoms with Crippen molar-refractivity contribution in [3.63, 3.8) is 0 Å². The molecule has 2 aromatic rings. The van der Waals surface area contributed by atoms with Crippen molar-refractivity contribution in [3.05, 3.63) is 41.7 Å². The first-order valence-corrected chi connectivity index (χ1v) is 7.42. The molecule has 1 aliphatic rings. The number of primary amides is 1. The summed E-state index contributed by atoms with van der Waals surface area (Å²) in [5, 5.41) is 4.15. The third kappa shape index (κ3) is 2.90. The van der Waals surface area contributed by atoms with E-state index >= 15 is 0 Å². The Morgan fingerprint density at radius 2 is 2.23 bits per heavy atom. The van der Waals surface area contributed by atoms with E-state index in [0.717, 1.165) is 38.2 Å². The molecule has 0 radical (unpaired) electrons. The minimum atomic E-state index is -0.485. The van der Waals surface area contributed by atoms with Gasteiger partial charge >= 0.3 is 0 Å². The van der Waals surface area contributed by atoms with E-state index < -0.39 is 5.91 Å². The number of hydrogen-bond donors (Lipinski definition) is 1. The maximum absolute atomic E-state index is 11.0. The summed E-state index contributed by atoms with van der Waals surface area (Å²) < 4.78 is 7.04. The number of aryl methyl sites for hydroxylation is 1. The first kappa shape index (κ1) is 14.4. The molecule has 1 amide bonds. The van der Waals surface area contributed by atoms with Gasteiger partial charge in [-0.15, -0.1) is 0 Å². The van der Waals surface area contributed by atoms with Gasteiger partial charge in [-0.25, -0.2) is 0 Å². The van der Waals surface area contributed by atoms with Gasteiger partial charge < -0.3 is 15.4 Å². The fraction of sp³-hybridized carbons (Fsp3) is 0.375. The van der Waals surface area contributed by atoms with E-state index in [2.05, 4.69) is 22.1 Å². The van der Waals surface area contributed by atoms with E-state index in [1.165, 1.54) is 11.3 Å². The first-order valence-electron chi connectivity index (χ1n) is 7.42. The summed E-state index contributed by atoms with van der Waals surface area (Å²) in [5.41, 5.74) is 8.15. The number of carbonyl (C=O) groups is 1. The molecule has 0 fully saturated rings. The number of fused-ring (bicyclic) bond motifs is 1. The molecule has 0 saturated carbocycles. The maximum atomic E-state index is 11.0. The number of nitrogens with zero attached hydrogens (tertiary/aromatic N) is 3. The Bertz CT molecular complexity index is 681. The van der Waals surface area contributed by atoms with E-state index in [9.17, 15) is 4.79 Å². The van der Waals surface area contributed by atoms with E-state index in [1.54, 1.807) is 24.1 Å². The van der Waals surface area contributed by atoms with Gasteiger partial charge in [0.1, 0.15) is 11.4 Å². The Morgan fingerprint density at radius 3 is 2.95 bits per heavy atom. The number of hydrogen-bond acceptors (Lipinski definition) is 4. The number of ether oxygens (including phenoxy) is 1. The van der Waals surface area contributed by atoms with Crippen LogP contribution in [0.1, 0.15) is 22.5 Å². The Hall–Kier alpha value is -2.50. The zero-order valence-corrected chi connectivity index (χ0v) is 12.7. The van der Waals surface area contributed by atoms with Crippen LogP contribution < -0.4 is 15.4 Å². The van der Waals surface area contributed by atoms with Crippen LogP contribution in [0, 0.1) is 0 Å². The molecule has 116 valence electrons. The number of benzene rings is 1. The summed E-state index contributed by atoms with van der Waals surface area (Å²) in [7, 11) is 1.69. The van der Waals surface area contributed by atoms with Crippen LogP contribution in [-0.4, -0.2) is 35.9 Å². The molecule has 6 nitrogen and oxygen atoms in total. The van der Waals surface area contributed by atoms with Gasteiger partial charge in [-0.1, -0.05) is 0 Å². The fourth-order valence-corrected chi connectivity index (χ4v) is 2.85. The molecule has 0 atom stereocenters. The average molecular weight is 300 g/mol. The van der Waals surface area contributed by atoms with Crippen LogP contribution in [0.4, 0.5) is 5.69 Å². The molecule has 1 aliphatic heterocycles. The zero-order chi connectivity index (χ0) is 15.5. The van der Waals surface area contributed by atoms with Crippen LogP contribution in [0.2, 0.25) is 0 Å². The molecule has 0 unspecified atom stereocenters. The van der Waals surface area contributed by atoms with E-state index in [4.69, 9.17) is 10.5 Å². The second-order valence-corrected chi connectivity index (χ2v) is 5.41. The van der Waals surface area contributed by atoms with Gasteiger partial charge in [0.2, 0.25) is 0 Å². The Balaban J connectivity index is 1.56. The molecule has 3 rings (SSSR count). The monoisotopic (exact) mass is 300 g/mol. The molecular weight excluding hydrogens is 280 g/mol. The van der Waals surface area contributed by atoms with Crippen LogP contribution in [-0.2, 0) is 13.0 Å². The maximum Gasteiger partial charge on any atom is 0.269 e. The van der Waals surface area contributed by atoms with Gasteiger partial charge in [-0.05, 0) is 42.7 Å². The lowest BCUT2D eigenvalue weighted by Crippen LogP contribution is -2.23. The molecular formula is C16H20N4O2. The van der Waals surface area contributed by atoms with Gasteiger partial charge in [-0.3, -0.25) is 9.48 Å². The minimum Gasteiger partial charge on any atom is -0.497 e. The highest BCUT2D eigenvalue weighted by Gasteiger charge is 2.19. The van der Waals surface area contributed by atoms with Crippen molar-refractivity contribution in [3.8, 4) is 5.75 Å². The number of methoxy groups -OCH3 is 1. The molecule has 0 aliphatic carbocycles. The largest absolute Gasteiger partial charge is 0.497 e. The van der Waals surface area contributed by atoms with Crippen molar-refractivity contribution in [1.29, 1.82) is 0 Å². The lowest BCUT2D eigenvalue weighted by atomic mass is 10.1. The zero-order valence-electron chi connectivity index (χ0n) is 12.7. The standard InChI is InChI=1S/C16H20N4O2/c1-22-13-3-4-15-12(11-13)5-9-19(15)7-2-8-20-10-6-14(18-20)16(17)21/h3-4,6,10-11H,2,5,7-9H2,1H3,(H2,17,21). The smallest absolute Gasteiger partial charge is 0.269 e. The SMILES string of the molecule is COc1ccc2c(c1)CCN2CCCn1ccc(C(N)=O)n1. The van der Waals surface area contributed by atoms with Crippen molar-refractivity contribution in [2.45, 2.75) is 19.4 Å². The summed E-state index contributed by atoms with van der Waals surface area (Å²) in [5.74, 6) is 0.428. The number of rotatable bonds is 6. The third-order valence-electron chi connectivity index (χ3n) is 3.99. The highest BCUT2D eigenvalue weighted by molar-refractivity contribution is 5.90. The third-order valence-corrected chi connectivity index (χ3v) is 3.99. The first-order chi connectivity index (χ1) is 10.7. The molecule has 0 saturated heterocycles. The topological polar surface area (TPSA) is 73.4 Å². The molecule has 22 heavy (non-hydrogen) atoms. The lowest BCUT2D eigenvalue weighted by Gasteiger charge is -2.19. The van der Waals surface area contributed by atoms with Gasteiger partial charge in [0.25, 0.3) is 5.91 Å². The van der Waals surface area contributed by atoms with Gasteiger partial charge in [-0.2, -0.15) is 5.10 Å². The van der Waals surface area contributed by atoms with Crippen LogP contribution >= 0.6 is 0 Å². The van der Waals surface area contributed by atoms with Crippen LogP contribution in [0.15, 0.2) is 30.5 Å². The summed E-state index contributed by atoms with van der Waals surface area (Å²) in [4.78, 5) is 13.4. The van der Waals surface area contributed by atoms with Crippen molar-refractivity contribution in [2.24, 2.45) is 5.73 Å². The van der Waals surface area contributed by atoms with Crippen molar-refractivity contribution in [1.82, 2.24) is 9.78 Å². The summed E-state index contributed by atoms with van der Waals surface area (Å²) in [6.45, 7) is 2.77. The Kier molecular flexibility index (Phi) is 4.00. The predicted octanol–water partition coefficient (Wildman–Crippen LogP) is 1.44. The molecule has 2 N–H and O–H groups in total. The van der Waals surface area contributed by atoms with Crippen molar-refractivity contribution in [2.75, 3.05) is 25.1 Å². The second kappa shape index (κ2) is 6.09. The summed E-state index contributed by atoms with van der Waals surface area (Å²) in [6.07, 6.45) is 3.81. The highest BCUT2D eigenvalue weighted by Crippen LogP contribution is 2.31. The van der Waals surface area contributed by atoms with Crippen molar-refractivity contribution >= 4 is 11.6 Å². The van der Waals surface area contributed by atoms with Crippen molar-refractivity contribution < 1.29 is 9.53 Å². The Labute approximate surface area is 129 Å². The van der Waals surface area contributed by atoms with Gasteiger partial charge in [0.15, 0.2) is 0 Å². The number of nitrogens with two attached hydrogens (primary N) is 1. The number of anilines is 1. The summed E-state index contributed by atoms with van der Waals surface area (Å²) >= 11 is 0. The molecule has 6 heteroatoms. The van der Waals surface area contributed by atoms with Crippen LogP contribution in [0.3, 0.4) is 0 Å². The van der Waals surface area contributed by atoms with Crippen LogP contribution in [0.25, 0.3) is 0 Å². The second-order valence-electron chi connectivity index (χ2n) is 5.41. The number of aromatic nitrogens is 2. The predicted molar refractivity (Wildman–Crippen MR) is 84.3 cm³/mol. The molecule has 1 aromatic carbocycles. The fourth-order valence-electron chi connectivity index (χ4n) is 2.85. The number of carbonyl (C=O) groups excluding carboxylic acids is 1. The number of amides is 1. The normalized spacial score (nSPS) is 13.2. The molecule has 1 aromatic heterocycles. The molecule has 0 bridgehead atoms.